The van der Waals surface area contributed by atoms with Crippen molar-refractivity contribution in [1.82, 2.24) is 5.32 Å². The molecule has 0 bridgehead atoms. The Bertz CT molecular complexity index is 566. The van der Waals surface area contributed by atoms with Crippen molar-refractivity contribution in [3.63, 3.8) is 0 Å². The molecule has 0 saturated carbocycles. The summed E-state index contributed by atoms with van der Waals surface area (Å²) >= 11 is 0. The molecule has 0 aromatic heterocycles. The van der Waals surface area contributed by atoms with E-state index in [4.69, 9.17) is 4.74 Å². The van der Waals surface area contributed by atoms with E-state index in [2.05, 4.69) is 37.4 Å². The molecule has 0 aliphatic rings. The van der Waals surface area contributed by atoms with Gasteiger partial charge in [0.2, 0.25) is 0 Å². The van der Waals surface area contributed by atoms with Crippen LogP contribution >= 0.6 is 0 Å². The molecule has 0 spiro atoms. The number of hydrogen-bond donors (Lipinski definition) is 1. The van der Waals surface area contributed by atoms with E-state index in [0.717, 1.165) is 0 Å². The van der Waals surface area contributed by atoms with Gasteiger partial charge in [0.15, 0.2) is 0 Å². The van der Waals surface area contributed by atoms with Crippen LogP contribution in [-0.2, 0) is 0 Å². The van der Waals surface area contributed by atoms with Gasteiger partial charge in [-0.1, -0.05) is 23.8 Å². The molecule has 0 heterocycles. The Balaban J connectivity index is 2.07. The highest BCUT2D eigenvalue weighted by molar-refractivity contribution is 5.33. The number of halogens is 1. The van der Waals surface area contributed by atoms with Gasteiger partial charge in [0, 0.05) is 0 Å². The normalized spacial score (nSPS) is 12.2. The van der Waals surface area contributed by atoms with Crippen molar-refractivity contribution < 1.29 is 9.13 Å². The second kappa shape index (κ2) is 6.53. The van der Waals surface area contributed by atoms with Crippen molar-refractivity contribution >= 4 is 0 Å². The maximum Gasteiger partial charge on any atom is 0.123 e. The molecule has 2 rings (SSSR count). The summed E-state index contributed by atoms with van der Waals surface area (Å²) in [5.74, 6) is 0.424. The van der Waals surface area contributed by atoms with Crippen LogP contribution < -0.4 is 10.1 Å². The summed E-state index contributed by atoms with van der Waals surface area (Å²) in [6.45, 7) is 4.69. The molecule has 0 saturated heterocycles. The first-order valence-corrected chi connectivity index (χ1v) is 6.73. The third kappa shape index (κ3) is 3.58. The topological polar surface area (TPSA) is 21.3 Å². The predicted molar refractivity (Wildman–Crippen MR) is 79.6 cm³/mol. The van der Waals surface area contributed by atoms with Gasteiger partial charge >= 0.3 is 0 Å². The van der Waals surface area contributed by atoms with Crippen LogP contribution in [0.25, 0.3) is 0 Å². The van der Waals surface area contributed by atoms with Crippen LogP contribution in [0.1, 0.15) is 22.7 Å². The zero-order valence-electron chi connectivity index (χ0n) is 12.1. The van der Waals surface area contributed by atoms with Gasteiger partial charge in [0.25, 0.3) is 0 Å². The minimum absolute atomic E-state index is 0.112. The van der Waals surface area contributed by atoms with Gasteiger partial charge in [-0.05, 0) is 56.3 Å². The summed E-state index contributed by atoms with van der Waals surface area (Å²) in [4.78, 5) is 0. The fraction of sp³-hybridized carbons (Fsp3) is 0.294. The highest BCUT2D eigenvalue weighted by Gasteiger charge is 2.12. The summed E-state index contributed by atoms with van der Waals surface area (Å²) in [6, 6.07) is 12.6. The molecule has 1 N–H and O–H groups in total. The Morgan fingerprint density at radius 3 is 2.40 bits per heavy atom. The Morgan fingerprint density at radius 1 is 1.10 bits per heavy atom. The third-order valence-electron chi connectivity index (χ3n) is 3.38. The molecule has 2 nitrogen and oxygen atoms in total. The molecule has 0 aliphatic carbocycles. The van der Waals surface area contributed by atoms with Gasteiger partial charge in [-0.15, -0.1) is 0 Å². The van der Waals surface area contributed by atoms with Crippen molar-refractivity contribution in [2.75, 3.05) is 13.7 Å². The lowest BCUT2D eigenvalue weighted by molar-refractivity contribution is 0.272. The number of nitrogens with one attached hydrogen (secondary N) is 1. The first-order valence-electron chi connectivity index (χ1n) is 6.73. The number of likely N-dealkylation sites (N-methyl/N-ethyl adjacent to an activating group) is 1. The summed E-state index contributed by atoms with van der Waals surface area (Å²) in [6.07, 6.45) is 0. The van der Waals surface area contributed by atoms with E-state index >= 15 is 0 Å². The summed E-state index contributed by atoms with van der Waals surface area (Å²) in [5, 5.41) is 3.26. The average Bonchev–Trinajstić information content (AvgIpc) is 2.43. The quantitative estimate of drug-likeness (QED) is 0.895. The van der Waals surface area contributed by atoms with Crippen molar-refractivity contribution in [2.45, 2.75) is 19.9 Å². The van der Waals surface area contributed by atoms with Crippen LogP contribution in [0.2, 0.25) is 0 Å². The Morgan fingerprint density at radius 2 is 1.80 bits per heavy atom. The minimum atomic E-state index is -0.253. The molecule has 0 aliphatic heterocycles. The summed E-state index contributed by atoms with van der Waals surface area (Å²) < 4.78 is 18.6. The van der Waals surface area contributed by atoms with Crippen LogP contribution in [0.3, 0.4) is 0 Å². The summed E-state index contributed by atoms with van der Waals surface area (Å²) in [7, 11) is 1.91. The maximum absolute atomic E-state index is 12.8. The van der Waals surface area contributed by atoms with Gasteiger partial charge in [0.05, 0.1) is 6.04 Å². The molecule has 20 heavy (non-hydrogen) atoms. The van der Waals surface area contributed by atoms with Crippen LogP contribution in [0.5, 0.6) is 5.75 Å². The number of aryl methyl sites for hydroxylation is 2. The van der Waals surface area contributed by atoms with Crippen LogP contribution in [0, 0.1) is 19.7 Å². The highest BCUT2D eigenvalue weighted by atomic mass is 19.1. The van der Waals surface area contributed by atoms with Crippen LogP contribution in [0.4, 0.5) is 4.39 Å². The molecule has 0 amide bonds. The number of ether oxygens (including phenoxy) is 1. The van der Waals surface area contributed by atoms with Gasteiger partial charge in [-0.3, -0.25) is 0 Å². The Kier molecular flexibility index (Phi) is 4.74. The van der Waals surface area contributed by atoms with Gasteiger partial charge in [0.1, 0.15) is 18.2 Å². The van der Waals surface area contributed by atoms with E-state index < -0.39 is 0 Å². The molecular weight excluding hydrogens is 253 g/mol. The van der Waals surface area contributed by atoms with Crippen molar-refractivity contribution in [2.24, 2.45) is 0 Å². The molecule has 2 aromatic carbocycles. The van der Waals surface area contributed by atoms with Crippen molar-refractivity contribution in [3.8, 4) is 5.75 Å². The first-order chi connectivity index (χ1) is 9.60. The van der Waals surface area contributed by atoms with Gasteiger partial charge < -0.3 is 10.1 Å². The third-order valence-corrected chi connectivity index (χ3v) is 3.38. The van der Waals surface area contributed by atoms with E-state index in [1.54, 1.807) is 12.1 Å². The van der Waals surface area contributed by atoms with Crippen molar-refractivity contribution in [3.05, 3.63) is 65.0 Å². The predicted octanol–water partition coefficient (Wildman–Crippen LogP) is 3.78. The molecular formula is C17H20FNO. The molecule has 2 aromatic rings. The minimum Gasteiger partial charge on any atom is -0.492 e. The molecule has 1 unspecified atom stereocenters. The molecule has 3 heteroatoms. The molecule has 0 radical (unpaired) electrons. The lowest BCUT2D eigenvalue weighted by Gasteiger charge is -2.20. The van der Waals surface area contributed by atoms with E-state index in [1.807, 2.05) is 7.05 Å². The van der Waals surface area contributed by atoms with Crippen LogP contribution in [0.15, 0.2) is 42.5 Å². The second-order valence-corrected chi connectivity index (χ2v) is 4.97. The van der Waals surface area contributed by atoms with E-state index in [1.165, 1.54) is 28.8 Å². The van der Waals surface area contributed by atoms with Crippen molar-refractivity contribution in [1.29, 1.82) is 0 Å². The average molecular weight is 273 g/mol. The zero-order valence-corrected chi connectivity index (χ0v) is 12.1. The van der Waals surface area contributed by atoms with Crippen LogP contribution in [-0.4, -0.2) is 13.7 Å². The lowest BCUT2D eigenvalue weighted by Crippen LogP contribution is -2.24. The van der Waals surface area contributed by atoms with Gasteiger partial charge in [-0.25, -0.2) is 4.39 Å². The second-order valence-electron chi connectivity index (χ2n) is 4.97. The lowest BCUT2D eigenvalue weighted by atomic mass is 10.00. The molecule has 1 atom stereocenters. The Hall–Kier alpha value is -1.87. The van der Waals surface area contributed by atoms with E-state index in [-0.39, 0.29) is 11.9 Å². The highest BCUT2D eigenvalue weighted by Crippen LogP contribution is 2.20. The fourth-order valence-electron chi connectivity index (χ4n) is 2.26. The SMILES string of the molecule is CNC(COc1ccc(F)cc1)c1ccc(C)cc1C. The fourth-order valence-corrected chi connectivity index (χ4v) is 2.26. The Labute approximate surface area is 119 Å². The monoisotopic (exact) mass is 273 g/mol. The molecule has 106 valence electrons. The maximum atomic E-state index is 12.8. The van der Waals surface area contributed by atoms with E-state index in [9.17, 15) is 4.39 Å². The largest absolute Gasteiger partial charge is 0.492 e. The van der Waals surface area contributed by atoms with Gasteiger partial charge in [-0.2, -0.15) is 0 Å². The molecule has 0 fully saturated rings. The zero-order chi connectivity index (χ0) is 14.5. The smallest absolute Gasteiger partial charge is 0.123 e. The number of hydrogen-bond acceptors (Lipinski definition) is 2. The number of benzene rings is 2. The number of rotatable bonds is 5. The first kappa shape index (κ1) is 14.5. The standard InChI is InChI=1S/C17H20FNO/c1-12-4-9-16(13(2)10-12)17(19-3)11-20-15-7-5-14(18)6-8-15/h4-10,17,19H,11H2,1-3H3. The van der Waals surface area contributed by atoms with E-state index in [0.29, 0.717) is 12.4 Å². The summed E-state index contributed by atoms with van der Waals surface area (Å²) in [5.41, 5.74) is 3.72.